The first kappa shape index (κ1) is 14.4. The van der Waals surface area contributed by atoms with E-state index in [9.17, 15) is 14.7 Å². The van der Waals surface area contributed by atoms with Gasteiger partial charge in [-0.3, -0.25) is 0 Å². The molecular weight excluding hydrogens is 288 g/mol. The fourth-order valence-electron chi connectivity index (χ4n) is 3.02. The number of thiophene rings is 1. The van der Waals surface area contributed by atoms with Crippen molar-refractivity contribution in [1.29, 1.82) is 0 Å². The lowest BCUT2D eigenvalue weighted by molar-refractivity contribution is -0.143. The molecule has 2 amide bonds. The third kappa shape index (κ3) is 2.64. The highest BCUT2D eigenvalue weighted by molar-refractivity contribution is 7.10. The Balaban J connectivity index is 1.86. The molecule has 0 radical (unpaired) electrons. The first-order chi connectivity index (χ1) is 10.1. The fraction of sp³-hybridized carbons (Fsp3) is 0.600. The van der Waals surface area contributed by atoms with Crippen molar-refractivity contribution in [2.45, 2.75) is 44.7 Å². The van der Waals surface area contributed by atoms with Crippen LogP contribution in [0.3, 0.4) is 0 Å². The second-order valence-corrected chi connectivity index (χ2v) is 6.69. The van der Waals surface area contributed by atoms with Gasteiger partial charge in [0.15, 0.2) is 6.04 Å². The normalized spacial score (nSPS) is 21.0. The summed E-state index contributed by atoms with van der Waals surface area (Å²) in [4.78, 5) is 29.0. The highest BCUT2D eigenvalue weighted by Crippen LogP contribution is 2.36. The van der Waals surface area contributed by atoms with Crippen LogP contribution in [0, 0.1) is 0 Å². The van der Waals surface area contributed by atoms with Gasteiger partial charge in [-0.05, 0) is 42.7 Å². The van der Waals surface area contributed by atoms with E-state index in [0.29, 0.717) is 19.1 Å². The number of hydrogen-bond acceptors (Lipinski definition) is 3. The first-order valence-corrected chi connectivity index (χ1v) is 8.37. The molecule has 1 saturated carbocycles. The fourth-order valence-corrected chi connectivity index (χ4v) is 3.92. The van der Waals surface area contributed by atoms with Crippen LogP contribution in [-0.2, 0) is 11.2 Å². The third-order valence-electron chi connectivity index (χ3n) is 4.14. The van der Waals surface area contributed by atoms with Gasteiger partial charge >= 0.3 is 12.0 Å². The molecule has 1 fully saturated rings. The van der Waals surface area contributed by atoms with E-state index in [-0.39, 0.29) is 6.03 Å². The smallest absolute Gasteiger partial charge is 0.331 e. The lowest BCUT2D eigenvalue weighted by Crippen LogP contribution is -2.50. The van der Waals surface area contributed by atoms with E-state index in [0.717, 1.165) is 36.1 Å². The van der Waals surface area contributed by atoms with Crippen molar-refractivity contribution in [2.24, 2.45) is 0 Å². The second kappa shape index (κ2) is 5.67. The molecule has 6 heteroatoms. The first-order valence-electron chi connectivity index (χ1n) is 7.49. The Morgan fingerprint density at radius 1 is 1.48 bits per heavy atom. The number of carboxylic acid groups (broad SMARTS) is 1. The number of nitrogens with zero attached hydrogens (tertiary/aromatic N) is 2. The number of fused-ring (bicyclic) bond motifs is 1. The second-order valence-electron chi connectivity index (χ2n) is 5.69. The van der Waals surface area contributed by atoms with E-state index in [2.05, 4.69) is 0 Å². The molecule has 0 saturated heterocycles. The van der Waals surface area contributed by atoms with E-state index < -0.39 is 12.0 Å². The lowest BCUT2D eigenvalue weighted by Gasteiger charge is -2.37. The quantitative estimate of drug-likeness (QED) is 0.930. The number of aliphatic carboxylic acids is 1. The van der Waals surface area contributed by atoms with Gasteiger partial charge in [-0.15, -0.1) is 11.3 Å². The summed E-state index contributed by atoms with van der Waals surface area (Å²) in [6.45, 7) is 3.25. The summed E-state index contributed by atoms with van der Waals surface area (Å²) in [6, 6.07) is 1.23. The van der Waals surface area contributed by atoms with Gasteiger partial charge in [0.1, 0.15) is 0 Å². The highest BCUT2D eigenvalue weighted by Gasteiger charge is 2.41. The Bertz CT molecular complexity index is 553. The number of carbonyl (C=O) groups is 2. The van der Waals surface area contributed by atoms with Crippen LogP contribution in [0.5, 0.6) is 0 Å². The topological polar surface area (TPSA) is 60.9 Å². The third-order valence-corrected chi connectivity index (χ3v) is 5.14. The summed E-state index contributed by atoms with van der Waals surface area (Å²) in [5.41, 5.74) is 0.791. The van der Waals surface area contributed by atoms with Gasteiger partial charge in [-0.25, -0.2) is 9.59 Å². The van der Waals surface area contributed by atoms with Gasteiger partial charge in [0.2, 0.25) is 0 Å². The number of rotatable bonds is 4. The highest BCUT2D eigenvalue weighted by atomic mass is 32.1. The predicted molar refractivity (Wildman–Crippen MR) is 80.5 cm³/mol. The molecule has 3 rings (SSSR count). The standard InChI is InChI=1S/C15H20N2O3S/c1-2-7-16(10-3-4-10)15(20)17-8-5-12-11(6-9-21-12)13(17)14(18)19/h6,9-10,13H,2-5,7-8H2,1H3,(H,18,19). The van der Waals surface area contributed by atoms with Gasteiger partial charge in [0.25, 0.3) is 0 Å². The summed E-state index contributed by atoms with van der Waals surface area (Å²) in [5.74, 6) is -0.935. The molecule has 0 bridgehead atoms. The van der Waals surface area contributed by atoms with Crippen LogP contribution in [0.1, 0.15) is 42.7 Å². The van der Waals surface area contributed by atoms with Crippen molar-refractivity contribution < 1.29 is 14.7 Å². The molecule has 2 heterocycles. The maximum absolute atomic E-state index is 12.8. The Hall–Kier alpha value is -1.56. The summed E-state index contributed by atoms with van der Waals surface area (Å²) >= 11 is 1.58. The van der Waals surface area contributed by atoms with Gasteiger partial charge in [-0.2, -0.15) is 0 Å². The van der Waals surface area contributed by atoms with Gasteiger partial charge in [0, 0.05) is 24.0 Å². The molecule has 114 valence electrons. The number of hydrogen-bond donors (Lipinski definition) is 1. The van der Waals surface area contributed by atoms with E-state index >= 15 is 0 Å². The average Bonchev–Trinajstić information content (AvgIpc) is 3.19. The molecule has 1 N–H and O–H groups in total. The Morgan fingerprint density at radius 3 is 2.86 bits per heavy atom. The molecule has 5 nitrogen and oxygen atoms in total. The molecule has 0 aromatic carbocycles. The van der Waals surface area contributed by atoms with Crippen LogP contribution in [-0.4, -0.2) is 46.0 Å². The van der Waals surface area contributed by atoms with Gasteiger partial charge < -0.3 is 14.9 Å². The molecule has 1 atom stereocenters. The van der Waals surface area contributed by atoms with Crippen LogP contribution >= 0.6 is 11.3 Å². The van der Waals surface area contributed by atoms with Crippen LogP contribution in [0.4, 0.5) is 4.79 Å². The minimum absolute atomic E-state index is 0.108. The minimum atomic E-state index is -0.935. The molecular formula is C15H20N2O3S. The van der Waals surface area contributed by atoms with E-state index in [4.69, 9.17) is 0 Å². The van der Waals surface area contributed by atoms with E-state index in [1.807, 2.05) is 23.3 Å². The lowest BCUT2D eigenvalue weighted by atomic mass is 10.0. The molecule has 21 heavy (non-hydrogen) atoms. The van der Waals surface area contributed by atoms with Gasteiger partial charge in [0.05, 0.1) is 0 Å². The van der Waals surface area contributed by atoms with E-state index in [1.165, 1.54) is 0 Å². The Labute approximate surface area is 128 Å². The zero-order chi connectivity index (χ0) is 15.0. The van der Waals surface area contributed by atoms with Gasteiger partial charge in [-0.1, -0.05) is 6.92 Å². The number of carbonyl (C=O) groups excluding carboxylic acids is 1. The van der Waals surface area contributed by atoms with Crippen LogP contribution in [0.15, 0.2) is 11.4 Å². The SMILES string of the molecule is CCCN(C(=O)N1CCc2sccc2C1C(=O)O)C1CC1. The molecule has 1 aromatic heterocycles. The largest absolute Gasteiger partial charge is 0.479 e. The zero-order valence-electron chi connectivity index (χ0n) is 12.1. The summed E-state index contributed by atoms with van der Waals surface area (Å²) in [6.07, 6.45) is 3.74. The molecule has 1 aliphatic heterocycles. The Morgan fingerprint density at radius 2 is 2.24 bits per heavy atom. The van der Waals surface area contributed by atoms with Crippen molar-refractivity contribution in [3.63, 3.8) is 0 Å². The molecule has 2 aliphatic rings. The maximum Gasteiger partial charge on any atom is 0.331 e. The molecule has 1 aliphatic carbocycles. The summed E-state index contributed by atoms with van der Waals surface area (Å²) in [7, 11) is 0. The van der Waals surface area contributed by atoms with E-state index in [1.54, 1.807) is 16.2 Å². The molecule has 1 unspecified atom stereocenters. The zero-order valence-corrected chi connectivity index (χ0v) is 12.9. The van der Waals surface area contributed by atoms with Crippen LogP contribution in [0.25, 0.3) is 0 Å². The summed E-state index contributed by atoms with van der Waals surface area (Å²) < 4.78 is 0. The average molecular weight is 308 g/mol. The van der Waals surface area contributed by atoms with Crippen molar-refractivity contribution in [3.05, 3.63) is 21.9 Å². The number of urea groups is 1. The van der Waals surface area contributed by atoms with Crippen molar-refractivity contribution >= 4 is 23.3 Å². The minimum Gasteiger partial charge on any atom is -0.479 e. The van der Waals surface area contributed by atoms with Crippen molar-refractivity contribution in [2.75, 3.05) is 13.1 Å². The Kier molecular flexibility index (Phi) is 3.89. The molecule has 1 aromatic rings. The number of carboxylic acids is 1. The van der Waals surface area contributed by atoms with Crippen LogP contribution < -0.4 is 0 Å². The van der Waals surface area contributed by atoms with Crippen molar-refractivity contribution in [1.82, 2.24) is 9.80 Å². The maximum atomic E-state index is 12.8. The van der Waals surface area contributed by atoms with Crippen LogP contribution in [0.2, 0.25) is 0 Å². The van der Waals surface area contributed by atoms with Crippen molar-refractivity contribution in [3.8, 4) is 0 Å². The number of amides is 2. The molecule has 0 spiro atoms. The monoisotopic (exact) mass is 308 g/mol. The summed E-state index contributed by atoms with van der Waals surface area (Å²) in [5, 5.41) is 11.5. The predicted octanol–water partition coefficient (Wildman–Crippen LogP) is 2.73.